The van der Waals surface area contributed by atoms with Crippen molar-refractivity contribution in [1.29, 1.82) is 0 Å². The van der Waals surface area contributed by atoms with Crippen molar-refractivity contribution in [3.63, 3.8) is 0 Å². The molecule has 0 unspecified atom stereocenters. The van der Waals surface area contributed by atoms with Crippen LogP contribution in [0, 0.1) is 5.82 Å². The molecular weight excluding hydrogens is 299 g/mol. The van der Waals surface area contributed by atoms with Crippen LogP contribution in [0.1, 0.15) is 5.56 Å². The molecule has 2 rings (SSSR count). The Morgan fingerprint density at radius 1 is 1.26 bits per heavy atom. The smallest absolute Gasteiger partial charge is 0.319 e. The van der Waals surface area contributed by atoms with Gasteiger partial charge in [-0.1, -0.05) is 30.3 Å². The Balaban J connectivity index is 1.97. The van der Waals surface area contributed by atoms with Crippen LogP contribution in [0.3, 0.4) is 0 Å². The van der Waals surface area contributed by atoms with Gasteiger partial charge in [0.2, 0.25) is 0 Å². The number of hydrogen-bond donors (Lipinski definition) is 3. The van der Waals surface area contributed by atoms with E-state index in [9.17, 15) is 14.3 Å². The minimum absolute atomic E-state index is 0.0123. The highest BCUT2D eigenvalue weighted by atomic mass is 19.1. The van der Waals surface area contributed by atoms with E-state index < -0.39 is 17.9 Å². The van der Waals surface area contributed by atoms with Crippen molar-refractivity contribution < 1.29 is 19.0 Å². The maximum Gasteiger partial charge on any atom is 0.319 e. The Bertz CT molecular complexity index is 650. The van der Waals surface area contributed by atoms with E-state index in [4.69, 9.17) is 4.74 Å². The van der Waals surface area contributed by atoms with E-state index in [1.807, 2.05) is 30.3 Å². The zero-order chi connectivity index (χ0) is 16.7. The number of urea groups is 1. The highest BCUT2D eigenvalue weighted by Gasteiger charge is 2.14. The summed E-state index contributed by atoms with van der Waals surface area (Å²) in [6.07, 6.45) is 0.478. The van der Waals surface area contributed by atoms with Crippen molar-refractivity contribution in [3.05, 3.63) is 59.9 Å². The van der Waals surface area contributed by atoms with Crippen LogP contribution in [-0.4, -0.2) is 30.9 Å². The van der Waals surface area contributed by atoms with Crippen LogP contribution in [0.2, 0.25) is 0 Å². The Kier molecular flexibility index (Phi) is 5.94. The summed E-state index contributed by atoms with van der Waals surface area (Å²) in [4.78, 5) is 12.0. The topological polar surface area (TPSA) is 70.6 Å². The molecule has 0 aliphatic rings. The Labute approximate surface area is 134 Å². The van der Waals surface area contributed by atoms with Gasteiger partial charge in [0.05, 0.1) is 25.4 Å². The van der Waals surface area contributed by atoms with Crippen molar-refractivity contribution in [2.75, 3.05) is 19.0 Å². The molecular formula is C17H19FN2O3. The Morgan fingerprint density at radius 2 is 2.00 bits per heavy atom. The SMILES string of the molecule is COc1ccc(F)c(NC(=O)N[C@@H](CO)Cc2ccccc2)c1. The van der Waals surface area contributed by atoms with Crippen LogP contribution >= 0.6 is 0 Å². The molecule has 2 aromatic carbocycles. The standard InChI is InChI=1S/C17H19FN2O3/c1-23-14-7-8-15(18)16(10-14)20-17(22)19-13(11-21)9-12-5-3-2-4-6-12/h2-8,10,13,21H,9,11H2,1H3,(H2,19,20,22)/t13-/m1/s1. The molecule has 2 aromatic rings. The van der Waals surface area contributed by atoms with Gasteiger partial charge in [-0.3, -0.25) is 0 Å². The number of hydrogen-bond acceptors (Lipinski definition) is 3. The van der Waals surface area contributed by atoms with Gasteiger partial charge in [0, 0.05) is 6.07 Å². The first-order chi connectivity index (χ1) is 11.1. The second kappa shape index (κ2) is 8.14. The van der Waals surface area contributed by atoms with E-state index >= 15 is 0 Å². The third kappa shape index (κ3) is 4.96. The highest BCUT2D eigenvalue weighted by molar-refractivity contribution is 5.89. The summed E-state index contributed by atoms with van der Waals surface area (Å²) in [5.74, 6) is -0.130. The molecule has 0 heterocycles. The number of amides is 2. The molecule has 0 aliphatic heterocycles. The first kappa shape index (κ1) is 16.8. The summed E-state index contributed by atoms with van der Waals surface area (Å²) in [5.41, 5.74) is 0.998. The molecule has 0 radical (unpaired) electrons. The summed E-state index contributed by atoms with van der Waals surface area (Å²) in [5, 5.41) is 14.4. The van der Waals surface area contributed by atoms with Gasteiger partial charge in [0.25, 0.3) is 0 Å². The summed E-state index contributed by atoms with van der Waals surface area (Å²) in [6, 6.07) is 12.5. The van der Waals surface area contributed by atoms with Gasteiger partial charge in [-0.05, 0) is 24.1 Å². The zero-order valence-corrected chi connectivity index (χ0v) is 12.8. The predicted octanol–water partition coefficient (Wildman–Crippen LogP) is 2.56. The second-order valence-corrected chi connectivity index (χ2v) is 5.01. The van der Waals surface area contributed by atoms with Crippen molar-refractivity contribution in [1.82, 2.24) is 5.32 Å². The molecule has 0 spiro atoms. The fourth-order valence-corrected chi connectivity index (χ4v) is 2.13. The van der Waals surface area contributed by atoms with Gasteiger partial charge in [0.15, 0.2) is 0 Å². The van der Waals surface area contributed by atoms with Crippen molar-refractivity contribution in [2.45, 2.75) is 12.5 Å². The molecule has 3 N–H and O–H groups in total. The first-order valence-corrected chi connectivity index (χ1v) is 7.18. The molecule has 0 saturated heterocycles. The van der Waals surface area contributed by atoms with Crippen LogP contribution in [0.25, 0.3) is 0 Å². The number of carbonyl (C=O) groups excluding carboxylic acids is 1. The average molecular weight is 318 g/mol. The second-order valence-electron chi connectivity index (χ2n) is 5.01. The van der Waals surface area contributed by atoms with E-state index in [0.29, 0.717) is 12.2 Å². The van der Waals surface area contributed by atoms with Crippen LogP contribution in [0.4, 0.5) is 14.9 Å². The van der Waals surface area contributed by atoms with Gasteiger partial charge in [0.1, 0.15) is 11.6 Å². The van der Waals surface area contributed by atoms with Crippen molar-refractivity contribution in [3.8, 4) is 5.75 Å². The Morgan fingerprint density at radius 3 is 2.65 bits per heavy atom. The summed E-state index contributed by atoms with van der Waals surface area (Å²) >= 11 is 0. The van der Waals surface area contributed by atoms with Gasteiger partial charge in [-0.25, -0.2) is 9.18 Å². The van der Waals surface area contributed by atoms with E-state index in [0.717, 1.165) is 5.56 Å². The number of aliphatic hydroxyl groups is 1. The zero-order valence-electron chi connectivity index (χ0n) is 12.8. The highest BCUT2D eigenvalue weighted by Crippen LogP contribution is 2.20. The lowest BCUT2D eigenvalue weighted by atomic mass is 10.1. The number of carbonyl (C=O) groups is 1. The minimum atomic E-state index is -0.591. The number of anilines is 1. The van der Waals surface area contributed by atoms with E-state index in [-0.39, 0.29) is 12.3 Å². The number of benzene rings is 2. The monoisotopic (exact) mass is 318 g/mol. The molecule has 5 nitrogen and oxygen atoms in total. The molecule has 0 saturated carbocycles. The van der Waals surface area contributed by atoms with Gasteiger partial charge in [-0.15, -0.1) is 0 Å². The van der Waals surface area contributed by atoms with Gasteiger partial charge < -0.3 is 20.5 Å². The number of ether oxygens (including phenoxy) is 1. The maximum absolute atomic E-state index is 13.7. The molecule has 0 aromatic heterocycles. The lowest BCUT2D eigenvalue weighted by Gasteiger charge is -2.17. The number of halogens is 1. The van der Waals surface area contributed by atoms with Crippen LogP contribution in [-0.2, 0) is 6.42 Å². The Hall–Kier alpha value is -2.60. The lowest BCUT2D eigenvalue weighted by molar-refractivity contribution is 0.224. The molecule has 0 bridgehead atoms. The summed E-state index contributed by atoms with van der Waals surface area (Å²) in [6.45, 7) is -0.219. The third-order valence-electron chi connectivity index (χ3n) is 3.30. The van der Waals surface area contributed by atoms with E-state index in [1.54, 1.807) is 0 Å². The number of rotatable bonds is 6. The fourth-order valence-electron chi connectivity index (χ4n) is 2.13. The molecule has 0 aliphatic carbocycles. The van der Waals surface area contributed by atoms with Gasteiger partial charge >= 0.3 is 6.03 Å². The largest absolute Gasteiger partial charge is 0.497 e. The predicted molar refractivity (Wildman–Crippen MR) is 86.1 cm³/mol. The van der Waals surface area contributed by atoms with Crippen molar-refractivity contribution >= 4 is 11.7 Å². The minimum Gasteiger partial charge on any atom is -0.497 e. The number of aliphatic hydroxyl groups excluding tert-OH is 1. The first-order valence-electron chi connectivity index (χ1n) is 7.18. The fraction of sp³-hybridized carbons (Fsp3) is 0.235. The molecule has 122 valence electrons. The summed E-state index contributed by atoms with van der Waals surface area (Å²) in [7, 11) is 1.46. The molecule has 23 heavy (non-hydrogen) atoms. The lowest BCUT2D eigenvalue weighted by Crippen LogP contribution is -2.41. The van der Waals surface area contributed by atoms with Crippen LogP contribution in [0.15, 0.2) is 48.5 Å². The van der Waals surface area contributed by atoms with Crippen molar-refractivity contribution in [2.24, 2.45) is 0 Å². The molecule has 1 atom stereocenters. The van der Waals surface area contributed by atoms with Gasteiger partial charge in [-0.2, -0.15) is 0 Å². The quantitative estimate of drug-likeness (QED) is 0.766. The number of nitrogens with one attached hydrogen (secondary N) is 2. The maximum atomic E-state index is 13.7. The van der Waals surface area contributed by atoms with Crippen LogP contribution < -0.4 is 15.4 Å². The average Bonchev–Trinajstić information content (AvgIpc) is 2.57. The normalized spacial score (nSPS) is 11.6. The third-order valence-corrected chi connectivity index (χ3v) is 3.30. The van der Waals surface area contributed by atoms with E-state index in [2.05, 4.69) is 10.6 Å². The summed E-state index contributed by atoms with van der Waals surface area (Å²) < 4.78 is 18.7. The molecule has 2 amide bonds. The molecule has 0 fully saturated rings. The van der Waals surface area contributed by atoms with E-state index in [1.165, 1.54) is 25.3 Å². The molecule has 6 heteroatoms. The number of methoxy groups -OCH3 is 1. The van der Waals surface area contributed by atoms with Crippen LogP contribution in [0.5, 0.6) is 5.75 Å².